The zero-order valence-corrected chi connectivity index (χ0v) is 11.7. The van der Waals surface area contributed by atoms with Crippen molar-refractivity contribution in [1.82, 2.24) is 9.97 Å². The van der Waals surface area contributed by atoms with Gasteiger partial charge in [-0.3, -0.25) is 0 Å². The zero-order chi connectivity index (χ0) is 14.7. The predicted molar refractivity (Wildman–Crippen MR) is 79.4 cm³/mol. The lowest BCUT2D eigenvalue weighted by molar-refractivity contribution is 0.246. The van der Waals surface area contributed by atoms with Gasteiger partial charge in [-0.15, -0.1) is 0 Å². The Morgan fingerprint density at radius 2 is 2.14 bits per heavy atom. The molecule has 7 nitrogen and oxygen atoms in total. The molecule has 1 aromatic heterocycles. The summed E-state index contributed by atoms with van der Waals surface area (Å²) < 4.78 is 11.1. The van der Waals surface area contributed by atoms with Crippen LogP contribution in [-0.2, 0) is 6.42 Å². The van der Waals surface area contributed by atoms with E-state index in [1.807, 2.05) is 18.2 Å². The van der Waals surface area contributed by atoms with Crippen molar-refractivity contribution in [3.05, 3.63) is 36.2 Å². The first kappa shape index (κ1) is 13.4. The monoisotopic (exact) mass is 287 g/mol. The van der Waals surface area contributed by atoms with Crippen molar-refractivity contribution in [3.63, 3.8) is 0 Å². The van der Waals surface area contributed by atoms with Crippen molar-refractivity contribution in [3.8, 4) is 11.5 Å². The molecule has 21 heavy (non-hydrogen) atoms. The van der Waals surface area contributed by atoms with Gasteiger partial charge in [0, 0.05) is 6.42 Å². The maximum atomic E-state index is 5.87. The van der Waals surface area contributed by atoms with E-state index in [-0.39, 0.29) is 6.10 Å². The van der Waals surface area contributed by atoms with E-state index in [0.29, 0.717) is 23.9 Å². The Bertz CT molecular complexity index is 610. The highest BCUT2D eigenvalue weighted by atomic mass is 16.5. The van der Waals surface area contributed by atoms with E-state index in [0.717, 1.165) is 12.2 Å². The van der Waals surface area contributed by atoms with Gasteiger partial charge in [0.2, 0.25) is 5.75 Å². The second-order valence-electron chi connectivity index (χ2n) is 4.68. The number of benzene rings is 1. The number of rotatable bonds is 5. The van der Waals surface area contributed by atoms with Crippen molar-refractivity contribution in [2.75, 3.05) is 24.4 Å². The number of fused-ring (bicyclic) bond motifs is 1. The summed E-state index contributed by atoms with van der Waals surface area (Å²) in [4.78, 5) is 8.17. The molecule has 0 aliphatic carbocycles. The lowest BCUT2D eigenvalue weighted by Crippen LogP contribution is -2.25. The van der Waals surface area contributed by atoms with Crippen molar-refractivity contribution >= 4 is 11.6 Å². The predicted octanol–water partition coefficient (Wildman–Crippen LogP) is 1.19. The molecule has 1 aromatic carbocycles. The highest BCUT2D eigenvalue weighted by Crippen LogP contribution is 2.30. The molecule has 0 fully saturated rings. The lowest BCUT2D eigenvalue weighted by atomic mass is 10.1. The highest BCUT2D eigenvalue weighted by molar-refractivity contribution is 5.63. The van der Waals surface area contributed by atoms with Gasteiger partial charge >= 0.3 is 0 Å². The maximum absolute atomic E-state index is 5.87. The van der Waals surface area contributed by atoms with Crippen LogP contribution in [0, 0.1) is 0 Å². The van der Waals surface area contributed by atoms with Gasteiger partial charge in [-0.2, -0.15) is 0 Å². The van der Waals surface area contributed by atoms with Crippen LogP contribution in [0.15, 0.2) is 30.6 Å². The number of nitrogens with one attached hydrogen (secondary N) is 2. The van der Waals surface area contributed by atoms with Crippen LogP contribution >= 0.6 is 0 Å². The van der Waals surface area contributed by atoms with Crippen molar-refractivity contribution in [2.45, 2.75) is 12.5 Å². The Morgan fingerprint density at radius 1 is 1.33 bits per heavy atom. The Morgan fingerprint density at radius 3 is 2.90 bits per heavy atom. The fraction of sp³-hybridized carbons (Fsp3) is 0.286. The number of aromatic nitrogens is 2. The Labute approximate surface area is 122 Å². The van der Waals surface area contributed by atoms with Crippen LogP contribution in [0.1, 0.15) is 5.56 Å². The fourth-order valence-electron chi connectivity index (χ4n) is 2.37. The molecule has 0 spiro atoms. The minimum Gasteiger partial charge on any atom is -0.490 e. The normalized spacial score (nSPS) is 16.0. The number of hydrogen-bond acceptors (Lipinski definition) is 7. The van der Waals surface area contributed by atoms with Gasteiger partial charge in [0.25, 0.3) is 0 Å². The van der Waals surface area contributed by atoms with Crippen LogP contribution in [0.4, 0.5) is 11.6 Å². The SMILES string of the molecule is COc1c(NN)ncnc1NCC1Cc2ccccc2O1. The smallest absolute Gasteiger partial charge is 0.205 e. The largest absolute Gasteiger partial charge is 0.490 e. The molecule has 0 bridgehead atoms. The van der Waals surface area contributed by atoms with Crippen LogP contribution < -0.4 is 26.1 Å². The van der Waals surface area contributed by atoms with Gasteiger partial charge in [0.05, 0.1) is 13.7 Å². The average molecular weight is 287 g/mol. The van der Waals surface area contributed by atoms with Gasteiger partial charge in [0.15, 0.2) is 11.6 Å². The van der Waals surface area contributed by atoms with Gasteiger partial charge in [-0.25, -0.2) is 15.8 Å². The first-order chi connectivity index (χ1) is 10.3. The van der Waals surface area contributed by atoms with Gasteiger partial charge in [0.1, 0.15) is 18.2 Å². The maximum Gasteiger partial charge on any atom is 0.205 e. The standard InChI is InChI=1S/C14H17N5O2/c1-20-12-13(17-8-18-14(12)19-15)16-7-10-6-9-4-2-3-5-11(9)21-10/h2-5,8,10H,6-7,15H2,1H3,(H2,16,17,18,19). The summed E-state index contributed by atoms with van der Waals surface area (Å²) >= 11 is 0. The molecular formula is C14H17N5O2. The quantitative estimate of drug-likeness (QED) is 0.561. The zero-order valence-electron chi connectivity index (χ0n) is 11.7. The van der Waals surface area contributed by atoms with E-state index in [1.54, 1.807) is 7.11 Å². The van der Waals surface area contributed by atoms with Crippen LogP contribution in [0.2, 0.25) is 0 Å². The third-order valence-corrected chi connectivity index (χ3v) is 3.36. The van der Waals surface area contributed by atoms with E-state index in [1.165, 1.54) is 11.9 Å². The number of methoxy groups -OCH3 is 1. The molecule has 0 saturated carbocycles. The van der Waals surface area contributed by atoms with Gasteiger partial charge in [-0.1, -0.05) is 18.2 Å². The number of para-hydroxylation sites is 1. The summed E-state index contributed by atoms with van der Waals surface area (Å²) in [7, 11) is 1.55. The van der Waals surface area contributed by atoms with Crippen LogP contribution in [0.3, 0.4) is 0 Å². The Hall–Kier alpha value is -2.54. The lowest BCUT2D eigenvalue weighted by Gasteiger charge is -2.15. The highest BCUT2D eigenvalue weighted by Gasteiger charge is 2.22. The number of nitrogens with zero attached hydrogens (tertiary/aromatic N) is 2. The van der Waals surface area contributed by atoms with Crippen LogP contribution in [0.5, 0.6) is 11.5 Å². The molecule has 0 saturated heterocycles. The molecule has 2 heterocycles. The third kappa shape index (κ3) is 2.68. The number of ether oxygens (including phenoxy) is 2. The molecular weight excluding hydrogens is 270 g/mol. The summed E-state index contributed by atoms with van der Waals surface area (Å²) in [6.07, 6.45) is 2.36. The number of hydrazine groups is 1. The molecule has 3 rings (SSSR count). The Balaban J connectivity index is 1.67. The van der Waals surface area contributed by atoms with Gasteiger partial charge in [-0.05, 0) is 11.6 Å². The van der Waals surface area contributed by atoms with Gasteiger partial charge < -0.3 is 20.2 Å². The molecule has 4 N–H and O–H groups in total. The molecule has 110 valence electrons. The molecule has 1 aliphatic heterocycles. The molecule has 7 heteroatoms. The van der Waals surface area contributed by atoms with Crippen molar-refractivity contribution in [2.24, 2.45) is 5.84 Å². The summed E-state index contributed by atoms with van der Waals surface area (Å²) in [5.41, 5.74) is 3.71. The van der Waals surface area contributed by atoms with Crippen molar-refractivity contribution < 1.29 is 9.47 Å². The molecule has 1 unspecified atom stereocenters. The second kappa shape index (κ2) is 5.84. The van der Waals surface area contributed by atoms with Crippen LogP contribution in [0.25, 0.3) is 0 Å². The van der Waals surface area contributed by atoms with E-state index < -0.39 is 0 Å². The summed E-state index contributed by atoms with van der Waals surface area (Å²) in [6.45, 7) is 0.617. The number of anilines is 2. The van der Waals surface area contributed by atoms with E-state index in [2.05, 4.69) is 26.8 Å². The first-order valence-corrected chi connectivity index (χ1v) is 6.66. The van der Waals surface area contributed by atoms with Crippen molar-refractivity contribution in [1.29, 1.82) is 0 Å². The van der Waals surface area contributed by atoms with E-state index in [9.17, 15) is 0 Å². The number of nitrogens with two attached hydrogens (primary N) is 1. The molecule has 1 atom stereocenters. The minimum absolute atomic E-state index is 0.0661. The summed E-state index contributed by atoms with van der Waals surface area (Å²) in [5, 5.41) is 3.22. The molecule has 2 aromatic rings. The number of hydrogen-bond donors (Lipinski definition) is 3. The first-order valence-electron chi connectivity index (χ1n) is 6.66. The fourth-order valence-corrected chi connectivity index (χ4v) is 2.37. The third-order valence-electron chi connectivity index (χ3n) is 3.36. The Kier molecular flexibility index (Phi) is 3.74. The minimum atomic E-state index is 0.0661. The van der Waals surface area contributed by atoms with E-state index >= 15 is 0 Å². The summed E-state index contributed by atoms with van der Waals surface area (Å²) in [5.74, 6) is 7.85. The van der Waals surface area contributed by atoms with E-state index in [4.69, 9.17) is 15.3 Å². The number of nitrogen functional groups attached to an aromatic ring is 1. The van der Waals surface area contributed by atoms with Crippen LogP contribution in [-0.4, -0.2) is 29.7 Å². The topological polar surface area (TPSA) is 94.3 Å². The molecule has 0 radical (unpaired) electrons. The summed E-state index contributed by atoms with van der Waals surface area (Å²) in [6, 6.07) is 8.06. The second-order valence-corrected chi connectivity index (χ2v) is 4.68. The molecule has 1 aliphatic rings. The molecule has 0 amide bonds. The average Bonchev–Trinajstić information content (AvgIpc) is 2.95.